The van der Waals surface area contributed by atoms with Crippen LogP contribution in [-0.4, -0.2) is 47.1 Å². The number of piperidine rings is 1. The second-order valence-electron chi connectivity index (χ2n) is 11.1. The van der Waals surface area contributed by atoms with Gasteiger partial charge in [-0.15, -0.1) is 0 Å². The second kappa shape index (κ2) is 10.4. The molecular formula is C32H29BrN6O3. The summed E-state index contributed by atoms with van der Waals surface area (Å²) in [5.41, 5.74) is 5.00. The van der Waals surface area contributed by atoms with Crippen LogP contribution in [0.4, 0.5) is 11.4 Å². The van der Waals surface area contributed by atoms with Gasteiger partial charge in [-0.1, -0.05) is 6.08 Å². The van der Waals surface area contributed by atoms with Crippen LogP contribution in [0.25, 0.3) is 12.2 Å². The van der Waals surface area contributed by atoms with E-state index in [4.69, 9.17) is 14.7 Å². The number of benzene rings is 1. The Morgan fingerprint density at radius 2 is 1.71 bits per heavy atom. The van der Waals surface area contributed by atoms with E-state index in [1.165, 1.54) is 6.07 Å². The Morgan fingerprint density at radius 3 is 2.40 bits per heavy atom. The van der Waals surface area contributed by atoms with E-state index < -0.39 is 0 Å². The number of hydrogen-bond acceptors (Lipinski definition) is 7. The van der Waals surface area contributed by atoms with E-state index in [1.807, 2.05) is 36.4 Å². The molecule has 1 fully saturated rings. The lowest BCUT2D eigenvalue weighted by atomic mass is 9.76. The molecule has 2 aromatic rings. The first kappa shape index (κ1) is 26.5. The van der Waals surface area contributed by atoms with Crippen molar-refractivity contribution in [2.75, 3.05) is 25.1 Å². The molecule has 1 aromatic carbocycles. The van der Waals surface area contributed by atoms with Crippen LogP contribution in [0.15, 0.2) is 98.3 Å². The Labute approximate surface area is 251 Å². The first-order chi connectivity index (χ1) is 20.4. The predicted octanol–water partition coefficient (Wildman–Crippen LogP) is 4.59. The molecule has 1 atom stereocenters. The van der Waals surface area contributed by atoms with Crippen LogP contribution in [0.2, 0.25) is 0 Å². The molecule has 10 heteroatoms. The van der Waals surface area contributed by atoms with Gasteiger partial charge in [-0.3, -0.25) is 10.1 Å². The smallest absolute Gasteiger partial charge is 0.293 e. The number of nitrogens with zero attached hydrogens (tertiary/aromatic N) is 4. The van der Waals surface area contributed by atoms with E-state index in [0.717, 1.165) is 58.5 Å². The summed E-state index contributed by atoms with van der Waals surface area (Å²) < 4.78 is 6.03. The highest BCUT2D eigenvalue weighted by molar-refractivity contribution is 9.10. The number of fused-ring (bicyclic) bond motifs is 6. The van der Waals surface area contributed by atoms with E-state index in [9.17, 15) is 10.1 Å². The van der Waals surface area contributed by atoms with Gasteiger partial charge in [0.05, 0.1) is 44.9 Å². The molecule has 212 valence electrons. The monoisotopic (exact) mass is 624 g/mol. The standard InChI is InChI=1S/C32H29BrN6O3/c1-42-31-18-29(30(39(40)41)17-28(31)33)38-12-9-20(10-13-38)32-11-8-26(37-32)16-25-5-4-22(35-25)14-21-2-3-23(34-21)15-24-6-7-27(19-32)36-24/h2-8,14-20,34,37H,9-13H2,1H3. The number of hydrogen-bond donors (Lipinski definition) is 2. The first-order valence-electron chi connectivity index (χ1n) is 14.0. The molecule has 5 aliphatic heterocycles. The second-order valence-corrected chi connectivity index (χ2v) is 11.9. The minimum Gasteiger partial charge on any atom is -0.495 e. The van der Waals surface area contributed by atoms with Crippen molar-refractivity contribution in [1.82, 2.24) is 10.3 Å². The van der Waals surface area contributed by atoms with Gasteiger partial charge in [0, 0.05) is 41.6 Å². The Morgan fingerprint density at radius 1 is 1.02 bits per heavy atom. The van der Waals surface area contributed by atoms with Gasteiger partial charge in [-0.05, 0) is 102 Å². The molecule has 0 saturated carbocycles. The fourth-order valence-corrected chi connectivity index (χ4v) is 6.89. The molecular weight excluding hydrogens is 596 g/mol. The topological polar surface area (TPSA) is 108 Å². The fourth-order valence-electron chi connectivity index (χ4n) is 6.40. The Hall–Kier alpha value is -4.44. The SMILES string of the molecule is COc1cc(N2CCC(C34C=C5C=CC(=N5)C=c5ccc([nH]5)=CC5=NC(=CC(=CC3)N4)C=C5)CC2)c([N+](=O)[O-])cc1Br. The molecule has 8 bridgehead atoms. The van der Waals surface area contributed by atoms with E-state index >= 15 is 0 Å². The summed E-state index contributed by atoms with van der Waals surface area (Å²) in [6.07, 6.45) is 21.4. The van der Waals surface area contributed by atoms with Gasteiger partial charge in [0.2, 0.25) is 0 Å². The van der Waals surface area contributed by atoms with Gasteiger partial charge in [-0.2, -0.15) is 0 Å². The first-order valence-corrected chi connectivity index (χ1v) is 14.8. The molecule has 1 aromatic heterocycles. The normalized spacial score (nSPS) is 22.8. The zero-order chi connectivity index (χ0) is 28.8. The maximum atomic E-state index is 11.9. The van der Waals surface area contributed by atoms with Crippen LogP contribution in [0, 0.1) is 16.0 Å². The summed E-state index contributed by atoms with van der Waals surface area (Å²) in [5, 5.41) is 17.7. The summed E-state index contributed by atoms with van der Waals surface area (Å²) in [7, 11) is 1.57. The number of aromatic amines is 1. The van der Waals surface area contributed by atoms with Crippen LogP contribution >= 0.6 is 15.9 Å². The Bertz CT molecular complexity index is 1830. The van der Waals surface area contributed by atoms with Gasteiger partial charge in [0.25, 0.3) is 5.69 Å². The molecule has 42 heavy (non-hydrogen) atoms. The third-order valence-electron chi connectivity index (χ3n) is 8.46. The minimum absolute atomic E-state index is 0.0749. The number of aliphatic imine (C=N–C) groups is 2. The number of nitrogens with one attached hydrogen (secondary N) is 2. The van der Waals surface area contributed by atoms with Crippen molar-refractivity contribution >= 4 is 50.9 Å². The maximum absolute atomic E-state index is 11.9. The number of aromatic nitrogens is 1. The average Bonchev–Trinajstić information content (AvgIpc) is 3.79. The quantitative estimate of drug-likeness (QED) is 0.382. The van der Waals surface area contributed by atoms with Crippen molar-refractivity contribution in [2.24, 2.45) is 15.9 Å². The fraction of sp³-hybridized carbons (Fsp3) is 0.250. The predicted molar refractivity (Wildman–Crippen MR) is 169 cm³/mol. The summed E-state index contributed by atoms with van der Waals surface area (Å²) in [4.78, 5) is 26.9. The summed E-state index contributed by atoms with van der Waals surface area (Å²) in [6.45, 7) is 1.39. The number of methoxy groups -OCH3 is 1. The molecule has 1 unspecified atom stereocenters. The zero-order valence-electron chi connectivity index (χ0n) is 23.0. The summed E-state index contributed by atoms with van der Waals surface area (Å²) in [5.74, 6) is 0.870. The van der Waals surface area contributed by atoms with Gasteiger partial charge in [0.1, 0.15) is 11.4 Å². The lowest BCUT2D eigenvalue weighted by Crippen LogP contribution is -2.50. The number of nitro groups is 1. The Balaban J connectivity index is 1.21. The van der Waals surface area contributed by atoms with Crippen LogP contribution < -0.4 is 25.7 Å². The van der Waals surface area contributed by atoms with Crippen molar-refractivity contribution in [2.45, 2.75) is 24.8 Å². The van der Waals surface area contributed by atoms with Crippen molar-refractivity contribution < 1.29 is 9.66 Å². The molecule has 0 amide bonds. The lowest BCUT2D eigenvalue weighted by molar-refractivity contribution is -0.384. The molecule has 1 saturated heterocycles. The molecule has 0 radical (unpaired) electrons. The summed E-state index contributed by atoms with van der Waals surface area (Å²) in [6, 6.07) is 7.39. The number of H-pyrrole nitrogens is 1. The number of halogens is 1. The van der Waals surface area contributed by atoms with E-state index in [2.05, 4.69) is 61.5 Å². The van der Waals surface area contributed by atoms with E-state index in [1.54, 1.807) is 13.2 Å². The molecule has 5 aliphatic rings. The molecule has 0 spiro atoms. The van der Waals surface area contributed by atoms with Gasteiger partial charge < -0.3 is 19.9 Å². The van der Waals surface area contributed by atoms with Gasteiger partial charge in [0.15, 0.2) is 0 Å². The largest absolute Gasteiger partial charge is 0.495 e. The van der Waals surface area contributed by atoms with Crippen molar-refractivity contribution in [3.05, 3.63) is 109 Å². The van der Waals surface area contributed by atoms with Gasteiger partial charge >= 0.3 is 0 Å². The number of ether oxygens (including phenoxy) is 1. The lowest BCUT2D eigenvalue weighted by Gasteiger charge is -2.42. The number of rotatable bonds is 4. The number of allylic oxidation sites excluding steroid dienone is 5. The Kier molecular flexibility index (Phi) is 6.57. The zero-order valence-corrected chi connectivity index (χ0v) is 24.6. The van der Waals surface area contributed by atoms with E-state index in [-0.39, 0.29) is 22.1 Å². The highest BCUT2D eigenvalue weighted by Gasteiger charge is 2.42. The number of nitro benzene ring substituents is 1. The highest BCUT2D eigenvalue weighted by atomic mass is 79.9. The molecule has 9 nitrogen and oxygen atoms in total. The third-order valence-corrected chi connectivity index (χ3v) is 9.08. The van der Waals surface area contributed by atoms with Gasteiger partial charge in [-0.25, -0.2) is 9.98 Å². The molecule has 2 N–H and O–H groups in total. The van der Waals surface area contributed by atoms with Crippen LogP contribution in [-0.2, 0) is 0 Å². The summed E-state index contributed by atoms with van der Waals surface area (Å²) >= 11 is 3.39. The average molecular weight is 626 g/mol. The number of anilines is 1. The van der Waals surface area contributed by atoms with Crippen molar-refractivity contribution in [3.8, 4) is 5.75 Å². The van der Waals surface area contributed by atoms with Crippen molar-refractivity contribution in [1.29, 1.82) is 0 Å². The van der Waals surface area contributed by atoms with Crippen molar-refractivity contribution in [3.63, 3.8) is 0 Å². The van der Waals surface area contributed by atoms with E-state index in [0.29, 0.717) is 29.0 Å². The molecule has 6 heterocycles. The van der Waals surface area contributed by atoms with Crippen LogP contribution in [0.1, 0.15) is 19.3 Å². The minimum atomic E-state index is -0.335. The highest BCUT2D eigenvalue weighted by Crippen LogP contribution is 2.43. The maximum Gasteiger partial charge on any atom is 0.293 e. The molecule has 0 aliphatic carbocycles. The van der Waals surface area contributed by atoms with Crippen LogP contribution in [0.3, 0.4) is 0 Å². The van der Waals surface area contributed by atoms with Crippen LogP contribution in [0.5, 0.6) is 5.75 Å². The molecule has 7 rings (SSSR count). The third kappa shape index (κ3) is 4.96.